The molecule has 7 nitrogen and oxygen atoms in total. The number of amides is 1. The number of ether oxygens (including phenoxy) is 2. The lowest BCUT2D eigenvalue weighted by Crippen LogP contribution is -2.47. The summed E-state index contributed by atoms with van der Waals surface area (Å²) in [5, 5.41) is 0. The molecule has 0 aliphatic carbocycles. The van der Waals surface area contributed by atoms with E-state index in [9.17, 15) is 4.79 Å². The number of nitrogens with zero attached hydrogens (tertiary/aromatic N) is 4. The van der Waals surface area contributed by atoms with Crippen LogP contribution >= 0.6 is 11.9 Å². The van der Waals surface area contributed by atoms with Gasteiger partial charge in [0.15, 0.2) is 0 Å². The summed E-state index contributed by atoms with van der Waals surface area (Å²) in [5.74, 6) is 0.964. The standard InChI is InChI=1S/C24H42N4O3S/c1-19-16-22(30-7)17-20(2)24(19)32-26(5)14-15-31-18-23(29)27(6)21-8-10-28(11-9-21)13-12-25(3)4/h16-17,21H,8-15,18H2,1-7H3. The van der Waals surface area contributed by atoms with Crippen molar-refractivity contribution < 1.29 is 14.3 Å². The number of hydrogen-bond acceptors (Lipinski definition) is 7. The first-order valence-electron chi connectivity index (χ1n) is 11.5. The molecule has 182 valence electrons. The van der Waals surface area contributed by atoms with Gasteiger partial charge < -0.3 is 24.2 Å². The van der Waals surface area contributed by atoms with E-state index in [1.54, 1.807) is 19.1 Å². The smallest absolute Gasteiger partial charge is 0.248 e. The Balaban J connectivity index is 1.66. The number of likely N-dealkylation sites (tertiary alicyclic amines) is 1. The zero-order valence-corrected chi connectivity index (χ0v) is 21.8. The first-order valence-corrected chi connectivity index (χ1v) is 12.2. The lowest BCUT2D eigenvalue weighted by Gasteiger charge is -2.37. The minimum atomic E-state index is 0.0777. The van der Waals surface area contributed by atoms with Crippen molar-refractivity contribution in [2.24, 2.45) is 0 Å². The number of piperidine rings is 1. The fraction of sp³-hybridized carbons (Fsp3) is 0.708. The molecule has 0 spiro atoms. The Morgan fingerprint density at radius 3 is 2.28 bits per heavy atom. The van der Waals surface area contributed by atoms with Crippen LogP contribution in [-0.2, 0) is 9.53 Å². The summed E-state index contributed by atoms with van der Waals surface area (Å²) in [7, 11) is 9.88. The molecule has 1 aliphatic rings. The normalized spacial score (nSPS) is 15.5. The monoisotopic (exact) mass is 466 g/mol. The van der Waals surface area contributed by atoms with Gasteiger partial charge in [-0.3, -0.25) is 4.79 Å². The summed E-state index contributed by atoms with van der Waals surface area (Å²) >= 11 is 1.70. The van der Waals surface area contributed by atoms with Crippen LogP contribution in [0.25, 0.3) is 0 Å². The maximum absolute atomic E-state index is 12.6. The first kappa shape index (κ1) is 26.9. The summed E-state index contributed by atoms with van der Waals surface area (Å²) < 4.78 is 13.2. The molecule has 8 heteroatoms. The van der Waals surface area contributed by atoms with Gasteiger partial charge in [-0.15, -0.1) is 0 Å². The number of carbonyl (C=O) groups excluding carboxylic acids is 1. The highest BCUT2D eigenvalue weighted by molar-refractivity contribution is 7.97. The maximum Gasteiger partial charge on any atom is 0.248 e. The Morgan fingerprint density at radius 2 is 1.72 bits per heavy atom. The molecule has 1 saturated heterocycles. The Kier molecular flexibility index (Phi) is 11.3. The number of hydrogen-bond donors (Lipinski definition) is 0. The van der Waals surface area contributed by atoms with Gasteiger partial charge in [0, 0.05) is 50.7 Å². The summed E-state index contributed by atoms with van der Waals surface area (Å²) in [6, 6.07) is 4.43. The molecule has 1 aliphatic heterocycles. The van der Waals surface area contributed by atoms with Gasteiger partial charge >= 0.3 is 0 Å². The number of aryl methyl sites for hydroxylation is 2. The van der Waals surface area contributed by atoms with Crippen molar-refractivity contribution >= 4 is 17.9 Å². The highest BCUT2D eigenvalue weighted by Gasteiger charge is 2.25. The van der Waals surface area contributed by atoms with Crippen molar-refractivity contribution in [3.63, 3.8) is 0 Å². The van der Waals surface area contributed by atoms with Gasteiger partial charge in [0.25, 0.3) is 0 Å². The van der Waals surface area contributed by atoms with Crippen LogP contribution in [0, 0.1) is 13.8 Å². The molecule has 0 unspecified atom stereocenters. The summed E-state index contributed by atoms with van der Waals surface area (Å²) in [6.45, 7) is 9.92. The van der Waals surface area contributed by atoms with E-state index in [0.29, 0.717) is 12.6 Å². The van der Waals surface area contributed by atoms with Crippen molar-refractivity contribution in [1.82, 2.24) is 19.0 Å². The third-order valence-electron chi connectivity index (χ3n) is 6.05. The molecular weight excluding hydrogens is 424 g/mol. The average molecular weight is 467 g/mol. The van der Waals surface area contributed by atoms with Crippen LogP contribution in [0.1, 0.15) is 24.0 Å². The topological polar surface area (TPSA) is 48.5 Å². The van der Waals surface area contributed by atoms with Crippen LogP contribution in [0.4, 0.5) is 0 Å². The molecule has 2 rings (SSSR count). The number of methoxy groups -OCH3 is 1. The van der Waals surface area contributed by atoms with Gasteiger partial charge in [0.1, 0.15) is 12.4 Å². The van der Waals surface area contributed by atoms with Crippen LogP contribution in [0.3, 0.4) is 0 Å². The minimum Gasteiger partial charge on any atom is -0.497 e. The maximum atomic E-state index is 12.6. The Morgan fingerprint density at radius 1 is 1.09 bits per heavy atom. The quantitative estimate of drug-likeness (QED) is 0.347. The van der Waals surface area contributed by atoms with Crippen molar-refractivity contribution in [3.05, 3.63) is 23.3 Å². The van der Waals surface area contributed by atoms with Crippen LogP contribution in [-0.4, -0.2) is 112 Å². The molecule has 1 aromatic rings. The molecule has 32 heavy (non-hydrogen) atoms. The second kappa shape index (κ2) is 13.4. The lowest BCUT2D eigenvalue weighted by molar-refractivity contribution is -0.137. The van der Waals surface area contributed by atoms with Gasteiger partial charge in [-0.2, -0.15) is 0 Å². The summed E-state index contributed by atoms with van der Waals surface area (Å²) in [6.07, 6.45) is 2.07. The molecule has 1 amide bonds. The second-order valence-corrected chi connectivity index (χ2v) is 10.2. The number of carbonyl (C=O) groups is 1. The van der Waals surface area contributed by atoms with Gasteiger partial charge in [-0.1, -0.05) is 0 Å². The van der Waals surface area contributed by atoms with Gasteiger partial charge in [-0.25, -0.2) is 4.31 Å². The third kappa shape index (κ3) is 8.56. The number of rotatable bonds is 12. The van der Waals surface area contributed by atoms with Crippen molar-refractivity contribution in [2.75, 3.05) is 81.2 Å². The van der Waals surface area contributed by atoms with Crippen LogP contribution in [0.15, 0.2) is 17.0 Å². The second-order valence-electron chi connectivity index (χ2n) is 8.97. The molecule has 1 aromatic carbocycles. The molecule has 0 aromatic heterocycles. The Hall–Kier alpha value is -1.32. The Bertz CT molecular complexity index is 700. The van der Waals surface area contributed by atoms with Crippen LogP contribution in [0.2, 0.25) is 0 Å². The van der Waals surface area contributed by atoms with E-state index in [2.05, 4.69) is 61.2 Å². The van der Waals surface area contributed by atoms with E-state index in [4.69, 9.17) is 9.47 Å². The van der Waals surface area contributed by atoms with E-state index >= 15 is 0 Å². The SMILES string of the molecule is COc1cc(C)c(SN(C)CCOCC(=O)N(C)C2CCN(CCN(C)C)CC2)c(C)c1. The van der Waals surface area contributed by atoms with E-state index in [0.717, 1.165) is 51.3 Å². The molecule has 1 fully saturated rings. The summed E-state index contributed by atoms with van der Waals surface area (Å²) in [4.78, 5) is 20.4. The fourth-order valence-corrected chi connectivity index (χ4v) is 4.79. The molecule has 0 bridgehead atoms. The predicted molar refractivity (Wildman–Crippen MR) is 133 cm³/mol. The van der Waals surface area contributed by atoms with E-state index in [1.807, 2.05) is 11.9 Å². The molecule has 0 saturated carbocycles. The van der Waals surface area contributed by atoms with E-state index in [-0.39, 0.29) is 12.5 Å². The van der Waals surface area contributed by atoms with Crippen LogP contribution < -0.4 is 4.74 Å². The molecule has 0 atom stereocenters. The average Bonchev–Trinajstić information content (AvgIpc) is 2.77. The van der Waals surface area contributed by atoms with Crippen molar-refractivity contribution in [1.29, 1.82) is 0 Å². The molecular formula is C24H42N4O3S. The van der Waals surface area contributed by atoms with E-state index < -0.39 is 0 Å². The highest BCUT2D eigenvalue weighted by Crippen LogP contribution is 2.31. The molecule has 1 heterocycles. The number of benzene rings is 1. The summed E-state index contributed by atoms with van der Waals surface area (Å²) in [5.41, 5.74) is 2.40. The Labute approximate surface area is 199 Å². The minimum absolute atomic E-state index is 0.0777. The molecule has 0 N–H and O–H groups in total. The van der Waals surface area contributed by atoms with Gasteiger partial charge in [0.2, 0.25) is 5.91 Å². The van der Waals surface area contributed by atoms with Crippen molar-refractivity contribution in [3.8, 4) is 5.75 Å². The third-order valence-corrected chi connectivity index (χ3v) is 7.38. The lowest BCUT2D eigenvalue weighted by atomic mass is 10.0. The van der Waals surface area contributed by atoms with E-state index in [1.165, 1.54) is 16.0 Å². The fourth-order valence-electron chi connectivity index (χ4n) is 3.90. The number of likely N-dealkylation sites (N-methyl/N-ethyl adjacent to an activating group) is 3. The predicted octanol–water partition coefficient (Wildman–Crippen LogP) is 2.75. The first-order chi connectivity index (χ1) is 15.2. The molecule has 0 radical (unpaired) electrons. The zero-order chi connectivity index (χ0) is 23.7. The van der Waals surface area contributed by atoms with Gasteiger partial charge in [-0.05, 0) is 83.0 Å². The van der Waals surface area contributed by atoms with Crippen LogP contribution in [0.5, 0.6) is 5.75 Å². The van der Waals surface area contributed by atoms with Crippen molar-refractivity contribution in [2.45, 2.75) is 37.6 Å². The largest absolute Gasteiger partial charge is 0.497 e. The highest BCUT2D eigenvalue weighted by atomic mass is 32.2. The zero-order valence-electron chi connectivity index (χ0n) is 21.0. The van der Waals surface area contributed by atoms with Gasteiger partial charge in [0.05, 0.1) is 13.7 Å².